The monoisotopic (exact) mass is 513 g/mol. The summed E-state index contributed by atoms with van der Waals surface area (Å²) in [6, 6.07) is 1.85. The minimum atomic E-state index is -6.27. The van der Waals surface area contributed by atoms with E-state index in [1.165, 1.54) is 6.92 Å². The van der Waals surface area contributed by atoms with Crippen LogP contribution in [0.5, 0.6) is 11.5 Å². The van der Waals surface area contributed by atoms with Gasteiger partial charge in [-0.15, -0.1) is 0 Å². The van der Waals surface area contributed by atoms with Gasteiger partial charge in [0.1, 0.15) is 10.6 Å². The fourth-order valence-corrected chi connectivity index (χ4v) is 2.05. The molecule has 0 fully saturated rings. The molecule has 0 bridgehead atoms. The van der Waals surface area contributed by atoms with Crippen molar-refractivity contribution < 1.29 is 40.8 Å². The van der Waals surface area contributed by atoms with Crippen molar-refractivity contribution in [1.82, 2.24) is 0 Å². The zero-order valence-electron chi connectivity index (χ0n) is 11.4. The molecular formula is C11H6Br2ClF2O7S-. The minimum Gasteiger partial charge on any atom is -0.743 e. The molecule has 0 N–H and O–H groups in total. The summed E-state index contributed by atoms with van der Waals surface area (Å²) >= 11 is 11.6. The minimum absolute atomic E-state index is 0.00973. The molecule has 0 aliphatic carbocycles. The van der Waals surface area contributed by atoms with Crippen LogP contribution in [-0.2, 0) is 19.7 Å². The molecule has 0 spiro atoms. The first-order chi connectivity index (χ1) is 10.8. The Morgan fingerprint density at radius 2 is 1.83 bits per heavy atom. The Hall–Kier alpha value is -0.820. The van der Waals surface area contributed by atoms with E-state index in [-0.39, 0.29) is 10.2 Å². The SMILES string of the molecule is CC(Br)C(=O)Oc1cc(Cl)c(OC(=O)C(F)(F)S(=O)(=O)[O-])cc1Br. The Balaban J connectivity index is 3.10. The first-order valence-electron chi connectivity index (χ1n) is 5.67. The van der Waals surface area contributed by atoms with Crippen molar-refractivity contribution in [3.63, 3.8) is 0 Å². The molecule has 0 saturated heterocycles. The van der Waals surface area contributed by atoms with Crippen LogP contribution in [0.4, 0.5) is 8.78 Å². The second-order valence-corrected chi connectivity index (χ2v) is 8.17. The molecule has 13 heteroatoms. The van der Waals surface area contributed by atoms with Gasteiger partial charge in [0.25, 0.3) is 0 Å². The van der Waals surface area contributed by atoms with E-state index in [0.717, 1.165) is 12.1 Å². The van der Waals surface area contributed by atoms with Crippen molar-refractivity contribution in [3.05, 3.63) is 21.6 Å². The van der Waals surface area contributed by atoms with Gasteiger partial charge in [0.2, 0.25) is 0 Å². The average Bonchev–Trinajstić information content (AvgIpc) is 2.42. The maximum absolute atomic E-state index is 13.1. The lowest BCUT2D eigenvalue weighted by Gasteiger charge is -2.18. The standard InChI is InChI=1S/C11H7Br2ClF2O7S/c1-4(12)9(17)22-7-3-6(14)8(2-5(7)13)23-10(18)11(15,16)24(19,20)21/h2-4H,1H3,(H,19,20,21)/p-1. The zero-order valence-corrected chi connectivity index (χ0v) is 16.1. The number of carbonyl (C=O) groups excluding carboxylic acids is 2. The molecule has 1 unspecified atom stereocenters. The lowest BCUT2D eigenvalue weighted by molar-refractivity contribution is -0.151. The highest BCUT2D eigenvalue weighted by Crippen LogP contribution is 2.37. The Morgan fingerprint density at radius 1 is 1.29 bits per heavy atom. The molecule has 0 aromatic heterocycles. The van der Waals surface area contributed by atoms with E-state index in [0.29, 0.717) is 0 Å². The number of rotatable bonds is 5. The largest absolute Gasteiger partial charge is 0.743 e. The van der Waals surface area contributed by atoms with E-state index in [4.69, 9.17) is 16.3 Å². The van der Waals surface area contributed by atoms with Crippen LogP contribution in [0.1, 0.15) is 6.92 Å². The molecule has 0 aliphatic rings. The van der Waals surface area contributed by atoms with Crippen LogP contribution in [0.25, 0.3) is 0 Å². The lowest BCUT2D eigenvalue weighted by Crippen LogP contribution is -2.40. The lowest BCUT2D eigenvalue weighted by atomic mass is 10.3. The van der Waals surface area contributed by atoms with Crippen molar-refractivity contribution >= 4 is 65.5 Å². The van der Waals surface area contributed by atoms with Gasteiger partial charge in [-0.1, -0.05) is 27.5 Å². The van der Waals surface area contributed by atoms with Crippen LogP contribution >= 0.6 is 43.5 Å². The highest BCUT2D eigenvalue weighted by Gasteiger charge is 2.49. The Kier molecular flexibility index (Phi) is 6.72. The highest BCUT2D eigenvalue weighted by atomic mass is 79.9. The molecule has 0 heterocycles. The summed E-state index contributed by atoms with van der Waals surface area (Å²) in [6.45, 7) is 1.49. The third-order valence-electron chi connectivity index (χ3n) is 2.28. The third kappa shape index (κ3) is 4.85. The fraction of sp³-hybridized carbons (Fsp3) is 0.273. The molecule has 0 amide bonds. The van der Waals surface area contributed by atoms with Gasteiger partial charge in [-0.3, -0.25) is 4.79 Å². The highest BCUT2D eigenvalue weighted by molar-refractivity contribution is 9.10. The quantitative estimate of drug-likeness (QED) is 0.257. The van der Waals surface area contributed by atoms with Gasteiger partial charge >= 0.3 is 17.2 Å². The van der Waals surface area contributed by atoms with Gasteiger partial charge in [-0.2, -0.15) is 8.78 Å². The summed E-state index contributed by atoms with van der Waals surface area (Å²) in [5, 5.41) is -5.74. The summed E-state index contributed by atoms with van der Waals surface area (Å²) in [7, 11) is -6.27. The first-order valence-corrected chi connectivity index (χ1v) is 9.17. The smallest absolute Gasteiger partial charge is 0.429 e. The molecule has 1 aromatic carbocycles. The molecule has 1 atom stereocenters. The number of ether oxygens (including phenoxy) is 2. The van der Waals surface area contributed by atoms with E-state index in [1.54, 1.807) is 0 Å². The molecule has 134 valence electrons. The normalized spacial score (nSPS) is 13.3. The number of benzene rings is 1. The summed E-state index contributed by atoms with van der Waals surface area (Å²) in [5.41, 5.74) is 0. The molecule has 1 rings (SSSR count). The maximum atomic E-state index is 13.1. The van der Waals surface area contributed by atoms with Crippen LogP contribution in [0.2, 0.25) is 5.02 Å². The molecule has 24 heavy (non-hydrogen) atoms. The van der Waals surface area contributed by atoms with Gasteiger partial charge in [0.05, 0.1) is 9.50 Å². The second-order valence-electron chi connectivity index (χ2n) is 4.11. The van der Waals surface area contributed by atoms with Crippen molar-refractivity contribution in [2.45, 2.75) is 17.0 Å². The Labute approximate surface area is 156 Å². The molecule has 0 saturated carbocycles. The van der Waals surface area contributed by atoms with Crippen LogP contribution in [-0.4, -0.2) is 35.0 Å². The van der Waals surface area contributed by atoms with Gasteiger partial charge in [0, 0.05) is 12.1 Å². The van der Waals surface area contributed by atoms with Gasteiger partial charge in [0.15, 0.2) is 15.9 Å². The van der Waals surface area contributed by atoms with Gasteiger partial charge < -0.3 is 14.0 Å². The molecule has 0 radical (unpaired) electrons. The van der Waals surface area contributed by atoms with E-state index >= 15 is 0 Å². The van der Waals surface area contributed by atoms with Crippen molar-refractivity contribution in [3.8, 4) is 11.5 Å². The van der Waals surface area contributed by atoms with E-state index in [1.807, 2.05) is 0 Å². The van der Waals surface area contributed by atoms with Crippen LogP contribution in [0.15, 0.2) is 16.6 Å². The topological polar surface area (TPSA) is 110 Å². The van der Waals surface area contributed by atoms with Gasteiger partial charge in [-0.05, 0) is 22.9 Å². The molecule has 0 aliphatic heterocycles. The van der Waals surface area contributed by atoms with E-state index < -0.39 is 42.9 Å². The number of halogens is 5. The van der Waals surface area contributed by atoms with Gasteiger partial charge in [-0.25, -0.2) is 13.2 Å². The number of carbonyl (C=O) groups is 2. The maximum Gasteiger partial charge on any atom is 0.429 e. The molecule has 1 aromatic rings. The summed E-state index contributed by atoms with van der Waals surface area (Å²) in [6.07, 6.45) is 0. The number of hydrogen-bond donors (Lipinski definition) is 0. The number of alkyl halides is 3. The summed E-state index contributed by atoms with van der Waals surface area (Å²) < 4.78 is 66.3. The summed E-state index contributed by atoms with van der Waals surface area (Å²) in [4.78, 5) is 22.0. The Bertz CT molecular complexity index is 783. The number of hydrogen-bond acceptors (Lipinski definition) is 7. The molecule has 7 nitrogen and oxygen atoms in total. The average molecular weight is 515 g/mol. The second kappa shape index (κ2) is 7.60. The molecular weight excluding hydrogens is 509 g/mol. The van der Waals surface area contributed by atoms with Crippen molar-refractivity contribution in [2.24, 2.45) is 0 Å². The summed E-state index contributed by atoms with van der Waals surface area (Å²) in [5.74, 6) is -4.10. The van der Waals surface area contributed by atoms with Crippen LogP contribution in [0.3, 0.4) is 0 Å². The van der Waals surface area contributed by atoms with Crippen molar-refractivity contribution in [1.29, 1.82) is 0 Å². The fourth-order valence-electron chi connectivity index (χ4n) is 1.12. The van der Waals surface area contributed by atoms with Crippen molar-refractivity contribution in [2.75, 3.05) is 0 Å². The van der Waals surface area contributed by atoms with Crippen LogP contribution in [0, 0.1) is 0 Å². The first kappa shape index (κ1) is 21.2. The number of esters is 2. The predicted molar refractivity (Wildman–Crippen MR) is 83.5 cm³/mol. The van der Waals surface area contributed by atoms with Crippen LogP contribution < -0.4 is 9.47 Å². The van der Waals surface area contributed by atoms with E-state index in [2.05, 4.69) is 36.6 Å². The third-order valence-corrected chi connectivity index (χ3v) is 4.36. The zero-order chi connectivity index (χ0) is 18.9. The predicted octanol–water partition coefficient (Wildman–Crippen LogP) is 2.83. The van der Waals surface area contributed by atoms with E-state index in [9.17, 15) is 31.3 Å². The Morgan fingerprint density at radius 3 is 2.29 bits per heavy atom.